The summed E-state index contributed by atoms with van der Waals surface area (Å²) in [5, 5.41) is 0. The molecule has 0 heterocycles. The minimum absolute atomic E-state index is 0.151. The van der Waals surface area contributed by atoms with Crippen LogP contribution >= 0.6 is 0 Å². The van der Waals surface area contributed by atoms with Crippen LogP contribution in [0.3, 0.4) is 0 Å². The van der Waals surface area contributed by atoms with Crippen molar-refractivity contribution in [3.05, 3.63) is 251 Å². The monoisotopic (exact) mass is 718 g/mol. The van der Waals surface area contributed by atoms with E-state index in [-0.39, 0.29) is 17.3 Å². The largest absolute Gasteiger partial charge is 0.401 e. The fraction of sp³-hybridized carbons (Fsp3) is 0.0926. The first-order chi connectivity index (χ1) is 27.6. The Bertz CT molecular complexity index is 2690. The van der Waals surface area contributed by atoms with Crippen molar-refractivity contribution in [1.29, 1.82) is 0 Å². The molecule has 0 aliphatic heterocycles. The predicted octanol–water partition coefficient (Wildman–Crippen LogP) is 12.6. The summed E-state index contributed by atoms with van der Waals surface area (Å²) in [4.78, 5) is 5.11. The van der Waals surface area contributed by atoms with Gasteiger partial charge in [0.25, 0.3) is 0 Å². The predicted molar refractivity (Wildman–Crippen MR) is 234 cm³/mol. The van der Waals surface area contributed by atoms with E-state index in [0.717, 1.165) is 40.9 Å². The van der Waals surface area contributed by atoms with Gasteiger partial charge in [-0.25, -0.2) is 4.99 Å². The van der Waals surface area contributed by atoms with E-state index >= 15 is 0 Å². The Morgan fingerprint density at radius 2 is 1.29 bits per heavy atom. The number of nitrogens with zero attached hydrogens (tertiary/aromatic N) is 1. The minimum Gasteiger partial charge on any atom is -0.401 e. The van der Waals surface area contributed by atoms with Crippen LogP contribution in [0.15, 0.2) is 211 Å². The van der Waals surface area contributed by atoms with E-state index in [0.29, 0.717) is 5.70 Å². The van der Waals surface area contributed by atoms with E-state index in [1.54, 1.807) is 0 Å². The fourth-order valence-corrected chi connectivity index (χ4v) is 9.54. The number of hydrogen-bond donors (Lipinski definition) is 1. The molecule has 6 aromatic rings. The Morgan fingerprint density at radius 3 is 2.02 bits per heavy atom. The zero-order valence-corrected chi connectivity index (χ0v) is 31.3. The summed E-state index contributed by atoms with van der Waals surface area (Å²) < 4.78 is 0. The lowest BCUT2D eigenvalue weighted by molar-refractivity contribution is 0.757. The summed E-state index contributed by atoms with van der Waals surface area (Å²) in [6.07, 6.45) is 19.4. The molecule has 2 heteroatoms. The van der Waals surface area contributed by atoms with Crippen LogP contribution in [0, 0.1) is 5.92 Å². The molecule has 2 nitrogen and oxygen atoms in total. The van der Waals surface area contributed by atoms with Crippen LogP contribution in [0.5, 0.6) is 0 Å². The molecule has 6 aromatic carbocycles. The number of nitrogens with two attached hydrogens (primary N) is 1. The van der Waals surface area contributed by atoms with E-state index < -0.39 is 0 Å². The van der Waals surface area contributed by atoms with Gasteiger partial charge >= 0.3 is 0 Å². The average molecular weight is 719 g/mol. The van der Waals surface area contributed by atoms with Gasteiger partial charge in [0.05, 0.1) is 16.8 Å². The second-order valence-electron chi connectivity index (χ2n) is 15.2. The molecule has 4 aliphatic carbocycles. The van der Waals surface area contributed by atoms with Crippen molar-refractivity contribution in [1.82, 2.24) is 0 Å². The molecule has 0 fully saturated rings. The molecule has 10 rings (SSSR count). The maximum Gasteiger partial charge on any atom is 0.0726 e. The average Bonchev–Trinajstić information content (AvgIpc) is 3.74. The van der Waals surface area contributed by atoms with Crippen LogP contribution < -0.4 is 5.73 Å². The van der Waals surface area contributed by atoms with E-state index in [1.807, 2.05) is 24.3 Å². The third-order valence-corrected chi connectivity index (χ3v) is 12.1. The van der Waals surface area contributed by atoms with Gasteiger partial charge in [-0.1, -0.05) is 189 Å². The van der Waals surface area contributed by atoms with Gasteiger partial charge in [-0.2, -0.15) is 0 Å². The number of allylic oxidation sites excluding steroid dienone is 9. The molecular weight excluding hydrogens is 677 g/mol. The van der Waals surface area contributed by atoms with E-state index in [2.05, 4.69) is 177 Å². The summed E-state index contributed by atoms with van der Waals surface area (Å²) in [5.41, 5.74) is 25.2. The number of benzene rings is 6. The Balaban J connectivity index is 1.03. The standard InChI is InChI=1S/C54H42N2/c1-36(56-52(38-19-6-3-7-20-38)35-51(55)37-17-4-2-5-18-37)39-21-14-22-40(33-39)41-23-15-24-42(34-41)43-28-16-32-50-53(43)46-27-10-13-31-49(46)54(50)47-29-11-8-25-44(47)45-26-9-12-30-48(45)54/h2-17,19-23,25-35,37,42H,1,18,24,55H2/b51-35-,56-52+. The van der Waals surface area contributed by atoms with Gasteiger partial charge in [-0.3, -0.25) is 0 Å². The highest BCUT2D eigenvalue weighted by Crippen LogP contribution is 2.63. The van der Waals surface area contributed by atoms with Gasteiger partial charge in [-0.05, 0) is 86.2 Å². The lowest BCUT2D eigenvalue weighted by atomic mass is 9.70. The van der Waals surface area contributed by atoms with Crippen LogP contribution in [0.1, 0.15) is 63.3 Å². The topological polar surface area (TPSA) is 38.4 Å². The first-order valence-electron chi connectivity index (χ1n) is 19.7. The summed E-state index contributed by atoms with van der Waals surface area (Å²) in [7, 11) is 0. The lowest BCUT2D eigenvalue weighted by Gasteiger charge is -2.30. The van der Waals surface area contributed by atoms with Crippen LogP contribution in [0.4, 0.5) is 0 Å². The molecule has 0 aromatic heterocycles. The maximum absolute atomic E-state index is 6.67. The van der Waals surface area contributed by atoms with Gasteiger partial charge in [0.1, 0.15) is 0 Å². The minimum atomic E-state index is -0.343. The van der Waals surface area contributed by atoms with Crippen molar-refractivity contribution in [2.24, 2.45) is 16.6 Å². The summed E-state index contributed by atoms with van der Waals surface area (Å²) in [5.74, 6) is 0.365. The van der Waals surface area contributed by atoms with Crippen molar-refractivity contribution in [3.63, 3.8) is 0 Å². The molecule has 0 saturated heterocycles. The normalized spacial score (nSPS) is 18.6. The molecule has 268 valence electrons. The molecule has 0 saturated carbocycles. The SMILES string of the molecule is C=C(/N=C(\C=C(/N)C1C=CC=CC1)c1ccccc1)c1cccc(C2=CC(c3cccc4c3-c3ccccc3C43c4ccccc4-c4ccccc43)CC=C2)c1. The quantitative estimate of drug-likeness (QED) is 0.164. The van der Waals surface area contributed by atoms with E-state index in [1.165, 1.54) is 55.6 Å². The second kappa shape index (κ2) is 13.8. The Labute approximate surface area is 329 Å². The molecule has 4 aliphatic rings. The molecule has 2 atom stereocenters. The summed E-state index contributed by atoms with van der Waals surface area (Å²) in [6, 6.07) is 53.0. The van der Waals surface area contributed by atoms with Crippen molar-refractivity contribution >= 4 is 17.0 Å². The van der Waals surface area contributed by atoms with E-state index in [9.17, 15) is 0 Å². The van der Waals surface area contributed by atoms with Gasteiger partial charge < -0.3 is 5.73 Å². The Kier molecular flexibility index (Phi) is 8.33. The van der Waals surface area contributed by atoms with Gasteiger partial charge in [0.15, 0.2) is 0 Å². The number of hydrogen-bond acceptors (Lipinski definition) is 2. The third-order valence-electron chi connectivity index (χ3n) is 12.1. The highest BCUT2D eigenvalue weighted by molar-refractivity contribution is 6.11. The van der Waals surface area contributed by atoms with Crippen LogP contribution in [-0.4, -0.2) is 5.71 Å². The molecule has 56 heavy (non-hydrogen) atoms. The third kappa shape index (κ3) is 5.44. The highest BCUT2D eigenvalue weighted by Gasteiger charge is 2.52. The van der Waals surface area contributed by atoms with Crippen LogP contribution in [0.2, 0.25) is 0 Å². The van der Waals surface area contributed by atoms with Crippen molar-refractivity contribution < 1.29 is 0 Å². The number of fused-ring (bicyclic) bond motifs is 10. The molecule has 2 unspecified atom stereocenters. The van der Waals surface area contributed by atoms with Crippen LogP contribution in [-0.2, 0) is 5.41 Å². The Morgan fingerprint density at radius 1 is 0.643 bits per heavy atom. The molecule has 2 N–H and O–H groups in total. The van der Waals surface area contributed by atoms with Crippen molar-refractivity contribution in [3.8, 4) is 22.3 Å². The summed E-state index contributed by atoms with van der Waals surface area (Å²) >= 11 is 0. The first kappa shape index (κ1) is 33.8. The van der Waals surface area contributed by atoms with Gasteiger partial charge in [0.2, 0.25) is 0 Å². The van der Waals surface area contributed by atoms with Crippen LogP contribution in [0.25, 0.3) is 33.5 Å². The number of aliphatic imine (C=N–C) groups is 1. The second-order valence-corrected chi connectivity index (χ2v) is 15.2. The van der Waals surface area contributed by atoms with Crippen molar-refractivity contribution in [2.75, 3.05) is 0 Å². The smallest absolute Gasteiger partial charge is 0.0726 e. The zero-order valence-electron chi connectivity index (χ0n) is 31.3. The first-order valence-corrected chi connectivity index (χ1v) is 19.7. The van der Waals surface area contributed by atoms with Crippen molar-refractivity contribution in [2.45, 2.75) is 24.2 Å². The number of rotatable bonds is 7. The fourth-order valence-electron chi connectivity index (χ4n) is 9.54. The maximum atomic E-state index is 6.67. The molecule has 0 bridgehead atoms. The zero-order chi connectivity index (χ0) is 37.6. The summed E-state index contributed by atoms with van der Waals surface area (Å²) in [6.45, 7) is 4.47. The molecule has 1 spiro atoms. The highest BCUT2D eigenvalue weighted by atomic mass is 14.8. The lowest BCUT2D eigenvalue weighted by Crippen LogP contribution is -2.25. The van der Waals surface area contributed by atoms with Gasteiger partial charge in [-0.15, -0.1) is 0 Å². The van der Waals surface area contributed by atoms with Gasteiger partial charge in [0, 0.05) is 28.7 Å². The molecule has 0 radical (unpaired) electrons. The molecule has 0 amide bonds. The Hall–Kier alpha value is -6.77. The van der Waals surface area contributed by atoms with E-state index in [4.69, 9.17) is 10.7 Å². The molecular formula is C54H42N2.